The molecule has 0 spiro atoms. The molecule has 0 saturated carbocycles. The Morgan fingerprint density at radius 3 is 2.62 bits per heavy atom. The van der Waals surface area contributed by atoms with Crippen molar-refractivity contribution in [2.24, 2.45) is 5.73 Å². The van der Waals surface area contributed by atoms with E-state index >= 15 is 0 Å². The topological polar surface area (TPSA) is 72.2 Å². The van der Waals surface area contributed by atoms with Crippen LogP contribution in [0.15, 0.2) is 51.8 Å². The molecule has 2 aromatic carbocycles. The number of nitrogens with two attached hydrogens (primary N) is 1. The summed E-state index contributed by atoms with van der Waals surface area (Å²) in [6.45, 7) is 1.76. The van der Waals surface area contributed by atoms with Crippen LogP contribution < -0.4 is 10.5 Å². The molecule has 21 heavy (non-hydrogen) atoms. The average molecular weight is 373 g/mol. The summed E-state index contributed by atoms with van der Waals surface area (Å²) in [5, 5.41) is 0. The predicted molar refractivity (Wildman–Crippen MR) is 84.0 cm³/mol. The van der Waals surface area contributed by atoms with Crippen LogP contribution in [-0.2, 0) is 10.0 Å². The minimum atomic E-state index is -3.87. The number of hydrogen-bond acceptors (Lipinski definition) is 3. The zero-order valence-electron chi connectivity index (χ0n) is 11.2. The molecule has 112 valence electrons. The molecule has 0 aliphatic carbocycles. The van der Waals surface area contributed by atoms with E-state index in [4.69, 9.17) is 5.73 Å². The Morgan fingerprint density at radius 2 is 1.95 bits per heavy atom. The highest BCUT2D eigenvalue weighted by molar-refractivity contribution is 9.10. The molecule has 4 nitrogen and oxygen atoms in total. The minimum Gasteiger partial charge on any atom is -0.324 e. The number of benzene rings is 2. The first-order chi connectivity index (χ1) is 9.79. The van der Waals surface area contributed by atoms with Crippen molar-refractivity contribution in [3.63, 3.8) is 0 Å². The fraction of sp³-hybridized carbons (Fsp3) is 0.143. The summed E-state index contributed by atoms with van der Waals surface area (Å²) in [7, 11) is -3.87. The molecular formula is C14H14BrFN2O2S. The monoisotopic (exact) mass is 372 g/mol. The van der Waals surface area contributed by atoms with E-state index in [1.54, 1.807) is 19.1 Å². The number of sulfonamides is 1. The summed E-state index contributed by atoms with van der Waals surface area (Å²) < 4.78 is 41.1. The highest BCUT2D eigenvalue weighted by Crippen LogP contribution is 2.24. The van der Waals surface area contributed by atoms with Crippen LogP contribution in [0.25, 0.3) is 0 Å². The number of hydrogen-bond donors (Lipinski definition) is 2. The van der Waals surface area contributed by atoms with Gasteiger partial charge >= 0.3 is 0 Å². The van der Waals surface area contributed by atoms with Gasteiger partial charge in [0.05, 0.1) is 10.6 Å². The second-order valence-electron chi connectivity index (χ2n) is 4.59. The third-order valence-electron chi connectivity index (χ3n) is 2.87. The molecule has 3 N–H and O–H groups in total. The van der Waals surface area contributed by atoms with Gasteiger partial charge in [-0.3, -0.25) is 4.72 Å². The van der Waals surface area contributed by atoms with Crippen molar-refractivity contribution in [1.82, 2.24) is 0 Å². The third-order valence-corrected chi connectivity index (χ3v) is 4.72. The van der Waals surface area contributed by atoms with Crippen molar-refractivity contribution < 1.29 is 12.8 Å². The standard InChI is InChI=1S/C14H14BrFN2O2S/c1-9(17)10-3-2-4-12(7-10)21(19,20)18-14-8-11(15)5-6-13(14)16/h2-9,18H,17H2,1H3. The third kappa shape index (κ3) is 3.81. The van der Waals surface area contributed by atoms with E-state index < -0.39 is 15.8 Å². The van der Waals surface area contributed by atoms with Gasteiger partial charge in [-0.1, -0.05) is 28.1 Å². The van der Waals surface area contributed by atoms with Gasteiger partial charge < -0.3 is 5.73 Å². The Labute approximate surface area is 131 Å². The van der Waals surface area contributed by atoms with Crippen molar-refractivity contribution in [2.45, 2.75) is 17.9 Å². The summed E-state index contributed by atoms with van der Waals surface area (Å²) in [5.41, 5.74) is 6.31. The van der Waals surface area contributed by atoms with E-state index in [-0.39, 0.29) is 16.6 Å². The lowest BCUT2D eigenvalue weighted by Crippen LogP contribution is -2.15. The van der Waals surface area contributed by atoms with Gasteiger partial charge in [-0.2, -0.15) is 0 Å². The minimum absolute atomic E-state index is 0.0386. The first kappa shape index (κ1) is 15.9. The molecule has 0 fully saturated rings. The van der Waals surface area contributed by atoms with Gasteiger partial charge in [0.25, 0.3) is 10.0 Å². The second-order valence-corrected chi connectivity index (χ2v) is 7.19. The van der Waals surface area contributed by atoms with E-state index in [1.807, 2.05) is 0 Å². The molecule has 0 saturated heterocycles. The summed E-state index contributed by atoms with van der Waals surface area (Å²) >= 11 is 3.17. The Morgan fingerprint density at radius 1 is 1.24 bits per heavy atom. The smallest absolute Gasteiger partial charge is 0.261 e. The maximum atomic E-state index is 13.7. The summed E-state index contributed by atoms with van der Waals surface area (Å²) in [6.07, 6.45) is 0. The van der Waals surface area contributed by atoms with E-state index in [0.29, 0.717) is 10.0 Å². The van der Waals surface area contributed by atoms with Crippen molar-refractivity contribution in [3.05, 3.63) is 58.3 Å². The number of rotatable bonds is 4. The van der Waals surface area contributed by atoms with Crippen LogP contribution in [0.4, 0.5) is 10.1 Å². The number of anilines is 1. The normalized spacial score (nSPS) is 13.0. The Balaban J connectivity index is 2.38. The van der Waals surface area contributed by atoms with E-state index in [2.05, 4.69) is 20.7 Å². The number of nitrogens with one attached hydrogen (secondary N) is 1. The van der Waals surface area contributed by atoms with Crippen LogP contribution >= 0.6 is 15.9 Å². The molecule has 2 aromatic rings. The zero-order valence-corrected chi connectivity index (χ0v) is 13.6. The van der Waals surface area contributed by atoms with E-state index in [9.17, 15) is 12.8 Å². The molecule has 0 radical (unpaired) electrons. The van der Waals surface area contributed by atoms with Gasteiger partial charge in [-0.05, 0) is 42.8 Å². The fourth-order valence-corrected chi connectivity index (χ4v) is 3.22. The molecule has 1 unspecified atom stereocenters. The molecule has 7 heteroatoms. The number of halogens is 2. The van der Waals surface area contributed by atoms with E-state index in [1.165, 1.54) is 30.3 Å². The van der Waals surface area contributed by atoms with Gasteiger partial charge in [0.1, 0.15) is 5.82 Å². The first-order valence-electron chi connectivity index (χ1n) is 6.13. The molecule has 0 bridgehead atoms. The molecule has 0 amide bonds. The van der Waals surface area contributed by atoms with Crippen LogP contribution in [0.1, 0.15) is 18.5 Å². The lowest BCUT2D eigenvalue weighted by Gasteiger charge is -2.11. The summed E-state index contributed by atoms with van der Waals surface area (Å²) in [6, 6.07) is 10.00. The molecule has 0 aliphatic heterocycles. The summed E-state index contributed by atoms with van der Waals surface area (Å²) in [5.74, 6) is -0.648. The van der Waals surface area contributed by atoms with Gasteiger partial charge in [0.2, 0.25) is 0 Å². The van der Waals surface area contributed by atoms with Crippen LogP contribution in [0.5, 0.6) is 0 Å². The van der Waals surface area contributed by atoms with Gasteiger partial charge in [0.15, 0.2) is 0 Å². The zero-order chi connectivity index (χ0) is 15.6. The van der Waals surface area contributed by atoms with Crippen molar-refractivity contribution in [3.8, 4) is 0 Å². The van der Waals surface area contributed by atoms with Crippen molar-refractivity contribution >= 4 is 31.6 Å². The Hall–Kier alpha value is -1.44. The highest BCUT2D eigenvalue weighted by Gasteiger charge is 2.17. The van der Waals surface area contributed by atoms with Crippen molar-refractivity contribution in [1.29, 1.82) is 0 Å². The van der Waals surface area contributed by atoms with Crippen LogP contribution in [0, 0.1) is 5.82 Å². The van der Waals surface area contributed by atoms with Crippen molar-refractivity contribution in [2.75, 3.05) is 4.72 Å². The fourth-order valence-electron chi connectivity index (χ4n) is 1.74. The maximum Gasteiger partial charge on any atom is 0.261 e. The largest absolute Gasteiger partial charge is 0.324 e. The van der Waals surface area contributed by atoms with Crippen LogP contribution in [0.2, 0.25) is 0 Å². The Kier molecular flexibility index (Phi) is 4.65. The lowest BCUT2D eigenvalue weighted by molar-refractivity contribution is 0.598. The predicted octanol–water partition coefficient (Wildman–Crippen LogP) is 3.41. The molecule has 0 aliphatic rings. The molecule has 0 heterocycles. The second kappa shape index (κ2) is 6.13. The average Bonchev–Trinajstić information content (AvgIpc) is 2.43. The summed E-state index contributed by atoms with van der Waals surface area (Å²) in [4.78, 5) is 0.0386. The van der Waals surface area contributed by atoms with Crippen LogP contribution in [0.3, 0.4) is 0 Å². The Bertz CT molecular complexity index is 763. The van der Waals surface area contributed by atoms with E-state index in [0.717, 1.165) is 0 Å². The van der Waals surface area contributed by atoms with Gasteiger partial charge in [-0.25, -0.2) is 12.8 Å². The first-order valence-corrected chi connectivity index (χ1v) is 8.40. The lowest BCUT2D eigenvalue weighted by atomic mass is 10.1. The SMILES string of the molecule is CC(N)c1cccc(S(=O)(=O)Nc2cc(Br)ccc2F)c1. The van der Waals surface area contributed by atoms with Gasteiger partial charge in [0, 0.05) is 10.5 Å². The molecule has 2 rings (SSSR count). The molecule has 0 aromatic heterocycles. The van der Waals surface area contributed by atoms with Crippen LogP contribution in [-0.4, -0.2) is 8.42 Å². The quantitative estimate of drug-likeness (QED) is 0.863. The molecular weight excluding hydrogens is 359 g/mol. The maximum absolute atomic E-state index is 13.7. The molecule has 1 atom stereocenters. The van der Waals surface area contributed by atoms with Gasteiger partial charge in [-0.15, -0.1) is 0 Å². The highest BCUT2D eigenvalue weighted by atomic mass is 79.9.